The fourth-order valence-electron chi connectivity index (χ4n) is 2.07. The van der Waals surface area contributed by atoms with E-state index in [2.05, 4.69) is 4.99 Å². The molecule has 1 heterocycles. The quantitative estimate of drug-likeness (QED) is 0.417. The number of hydrogen-bond donors (Lipinski definition) is 0. The van der Waals surface area contributed by atoms with Gasteiger partial charge in [-0.05, 0) is 6.92 Å². The van der Waals surface area contributed by atoms with Crippen LogP contribution in [-0.4, -0.2) is 54.8 Å². The van der Waals surface area contributed by atoms with Crippen LogP contribution in [0.2, 0.25) is 0 Å². The van der Waals surface area contributed by atoms with Crippen molar-refractivity contribution in [1.82, 2.24) is 0 Å². The summed E-state index contributed by atoms with van der Waals surface area (Å²) in [6, 6.07) is -0.563. The van der Waals surface area contributed by atoms with Crippen molar-refractivity contribution in [3.63, 3.8) is 0 Å². The highest BCUT2D eigenvalue weighted by molar-refractivity contribution is 5.73. The SMILES string of the molecule is CC(=O)OCC1OO/C(C)=N\C(C)C(OC(C)=O)C1OC(C)=O. The van der Waals surface area contributed by atoms with Crippen LogP contribution in [0.15, 0.2) is 4.99 Å². The predicted molar refractivity (Wildman–Crippen MR) is 76.3 cm³/mol. The molecule has 1 aliphatic rings. The topological polar surface area (TPSA) is 110 Å². The van der Waals surface area contributed by atoms with E-state index in [1.54, 1.807) is 13.8 Å². The Balaban J connectivity index is 3.12. The van der Waals surface area contributed by atoms with Crippen molar-refractivity contribution in [2.45, 2.75) is 59.0 Å². The molecule has 1 aliphatic heterocycles. The van der Waals surface area contributed by atoms with E-state index in [0.29, 0.717) is 0 Å². The Hall–Kier alpha value is -2.16. The maximum Gasteiger partial charge on any atom is 0.303 e. The largest absolute Gasteiger partial charge is 0.463 e. The summed E-state index contributed by atoms with van der Waals surface area (Å²) < 4.78 is 15.3. The average molecular weight is 331 g/mol. The molecule has 4 atom stereocenters. The lowest BCUT2D eigenvalue weighted by molar-refractivity contribution is -0.300. The van der Waals surface area contributed by atoms with Gasteiger partial charge in [-0.1, -0.05) is 0 Å². The summed E-state index contributed by atoms with van der Waals surface area (Å²) in [4.78, 5) is 48.1. The van der Waals surface area contributed by atoms with Crippen LogP contribution in [-0.2, 0) is 38.4 Å². The molecule has 0 saturated heterocycles. The molecule has 0 N–H and O–H groups in total. The molecule has 0 saturated carbocycles. The van der Waals surface area contributed by atoms with Crippen LogP contribution < -0.4 is 0 Å². The Labute approximate surface area is 133 Å². The second-order valence-corrected chi connectivity index (χ2v) is 5.06. The van der Waals surface area contributed by atoms with Gasteiger partial charge in [0.1, 0.15) is 6.61 Å². The fraction of sp³-hybridized carbons (Fsp3) is 0.714. The Morgan fingerprint density at radius 2 is 1.61 bits per heavy atom. The molecule has 23 heavy (non-hydrogen) atoms. The van der Waals surface area contributed by atoms with Crippen LogP contribution in [0, 0.1) is 0 Å². The minimum Gasteiger partial charge on any atom is -0.463 e. The Morgan fingerprint density at radius 1 is 1.04 bits per heavy atom. The zero-order valence-corrected chi connectivity index (χ0v) is 13.7. The normalized spacial score (nSPS) is 29.9. The predicted octanol–water partition coefficient (Wildman–Crippen LogP) is 0.550. The van der Waals surface area contributed by atoms with Gasteiger partial charge in [0, 0.05) is 27.7 Å². The van der Waals surface area contributed by atoms with E-state index in [-0.39, 0.29) is 12.5 Å². The average Bonchev–Trinajstić information content (AvgIpc) is 2.41. The van der Waals surface area contributed by atoms with Gasteiger partial charge in [0.05, 0.1) is 6.04 Å². The number of carbonyl (C=O) groups excluding carboxylic acids is 3. The molecule has 0 radical (unpaired) electrons. The molecule has 0 amide bonds. The molecule has 130 valence electrons. The van der Waals surface area contributed by atoms with Gasteiger partial charge < -0.3 is 19.1 Å². The molecule has 9 heteroatoms. The number of aliphatic imine (C=N–C) groups is 1. The summed E-state index contributed by atoms with van der Waals surface area (Å²) in [7, 11) is 0. The maximum absolute atomic E-state index is 11.4. The lowest BCUT2D eigenvalue weighted by atomic mass is 10.0. The smallest absolute Gasteiger partial charge is 0.303 e. The van der Waals surface area contributed by atoms with Crippen molar-refractivity contribution in [1.29, 1.82) is 0 Å². The molecule has 0 aromatic rings. The van der Waals surface area contributed by atoms with E-state index in [1.807, 2.05) is 0 Å². The number of nitrogens with zero attached hydrogens (tertiary/aromatic N) is 1. The van der Waals surface area contributed by atoms with Gasteiger partial charge in [-0.3, -0.25) is 14.4 Å². The van der Waals surface area contributed by atoms with E-state index in [0.717, 1.165) is 0 Å². The molecule has 0 fully saturated rings. The lowest BCUT2D eigenvalue weighted by Gasteiger charge is -2.34. The van der Waals surface area contributed by atoms with Crippen molar-refractivity contribution in [2.24, 2.45) is 4.99 Å². The second kappa shape index (κ2) is 8.47. The summed E-state index contributed by atoms with van der Waals surface area (Å²) in [5.74, 6) is -1.53. The maximum atomic E-state index is 11.4. The summed E-state index contributed by atoms with van der Waals surface area (Å²) in [6.45, 7) is 6.63. The van der Waals surface area contributed by atoms with Gasteiger partial charge in [-0.25, -0.2) is 4.99 Å². The van der Waals surface area contributed by atoms with Gasteiger partial charge >= 0.3 is 17.9 Å². The van der Waals surface area contributed by atoms with Gasteiger partial charge in [-0.2, -0.15) is 4.89 Å². The Bertz CT molecular complexity index is 489. The first-order valence-electron chi connectivity index (χ1n) is 7.06. The summed E-state index contributed by atoms with van der Waals surface area (Å²) >= 11 is 0. The van der Waals surface area contributed by atoms with Crippen molar-refractivity contribution in [3.05, 3.63) is 0 Å². The van der Waals surface area contributed by atoms with Crippen LogP contribution >= 0.6 is 0 Å². The standard InChI is InChI=1S/C14H21NO8/c1-7-13(20-10(4)17)14(21-11(5)18)12(6-19-9(3)16)23-22-8(2)15-7/h7,12-14H,6H2,1-5H3/b15-8-. The van der Waals surface area contributed by atoms with E-state index < -0.39 is 42.3 Å². The van der Waals surface area contributed by atoms with Gasteiger partial charge in [0.15, 0.2) is 18.3 Å². The fourth-order valence-corrected chi connectivity index (χ4v) is 2.07. The minimum absolute atomic E-state index is 0.198. The van der Waals surface area contributed by atoms with Crippen LogP contribution in [0.3, 0.4) is 0 Å². The van der Waals surface area contributed by atoms with Crippen LogP contribution in [0.5, 0.6) is 0 Å². The number of rotatable bonds is 4. The van der Waals surface area contributed by atoms with E-state index in [9.17, 15) is 14.4 Å². The Morgan fingerprint density at radius 3 is 2.13 bits per heavy atom. The highest BCUT2D eigenvalue weighted by Crippen LogP contribution is 2.21. The first-order chi connectivity index (χ1) is 10.7. The highest BCUT2D eigenvalue weighted by atomic mass is 17.2. The summed E-state index contributed by atoms with van der Waals surface area (Å²) in [5, 5.41) is 0. The zero-order valence-electron chi connectivity index (χ0n) is 13.7. The molecular formula is C14H21NO8. The van der Waals surface area contributed by atoms with E-state index in [4.69, 9.17) is 24.0 Å². The van der Waals surface area contributed by atoms with Crippen molar-refractivity contribution in [2.75, 3.05) is 6.61 Å². The van der Waals surface area contributed by atoms with Crippen LogP contribution in [0.25, 0.3) is 0 Å². The first kappa shape index (κ1) is 18.9. The first-order valence-corrected chi connectivity index (χ1v) is 7.06. The molecular weight excluding hydrogens is 310 g/mol. The van der Waals surface area contributed by atoms with Crippen LogP contribution in [0.1, 0.15) is 34.6 Å². The second-order valence-electron chi connectivity index (χ2n) is 5.06. The molecule has 0 spiro atoms. The van der Waals surface area contributed by atoms with Gasteiger partial charge in [-0.15, -0.1) is 0 Å². The van der Waals surface area contributed by atoms with Crippen LogP contribution in [0.4, 0.5) is 0 Å². The molecule has 0 bridgehead atoms. The molecule has 4 unspecified atom stereocenters. The molecule has 9 nitrogen and oxygen atoms in total. The molecule has 0 aromatic carbocycles. The highest BCUT2D eigenvalue weighted by Gasteiger charge is 2.42. The van der Waals surface area contributed by atoms with Crippen molar-refractivity contribution < 1.29 is 38.4 Å². The number of ether oxygens (including phenoxy) is 3. The number of hydrogen-bond acceptors (Lipinski definition) is 9. The van der Waals surface area contributed by atoms with Gasteiger partial charge in [0.2, 0.25) is 5.90 Å². The summed E-state index contributed by atoms with van der Waals surface area (Å²) in [5.41, 5.74) is 0. The monoisotopic (exact) mass is 331 g/mol. The minimum atomic E-state index is -1.05. The third kappa shape index (κ3) is 6.23. The number of esters is 3. The van der Waals surface area contributed by atoms with Crippen molar-refractivity contribution in [3.8, 4) is 0 Å². The summed E-state index contributed by atoms with van der Waals surface area (Å²) in [6.07, 6.45) is -2.96. The Kier molecular flexibility index (Phi) is 6.95. The lowest BCUT2D eigenvalue weighted by Crippen LogP contribution is -2.52. The van der Waals surface area contributed by atoms with Gasteiger partial charge in [0.25, 0.3) is 0 Å². The van der Waals surface area contributed by atoms with E-state index >= 15 is 0 Å². The third-order valence-corrected chi connectivity index (χ3v) is 2.90. The third-order valence-electron chi connectivity index (χ3n) is 2.90. The molecule has 0 aliphatic carbocycles. The molecule has 0 aromatic heterocycles. The number of carbonyl (C=O) groups is 3. The van der Waals surface area contributed by atoms with Crippen molar-refractivity contribution >= 4 is 23.8 Å². The molecule has 1 rings (SSSR count). The van der Waals surface area contributed by atoms with E-state index in [1.165, 1.54) is 20.8 Å². The zero-order chi connectivity index (χ0) is 17.6.